The number of methoxy groups -OCH3 is 1. The van der Waals surface area contributed by atoms with Gasteiger partial charge < -0.3 is 20.9 Å². The Bertz CT molecular complexity index is 1050. The monoisotopic (exact) mass is 439 g/mol. The summed E-state index contributed by atoms with van der Waals surface area (Å²) in [7, 11) is 1.70. The van der Waals surface area contributed by atoms with Crippen molar-refractivity contribution in [2.24, 2.45) is 5.92 Å². The molecule has 1 aliphatic heterocycles. The van der Waals surface area contributed by atoms with Gasteiger partial charge in [-0.2, -0.15) is 10.1 Å². The molecule has 9 nitrogen and oxygen atoms in total. The Morgan fingerprint density at radius 2 is 2.09 bits per heavy atom. The topological polar surface area (TPSA) is 114 Å². The number of aromatic nitrogens is 4. The Morgan fingerprint density at radius 3 is 2.84 bits per heavy atom. The number of aliphatic hydroxyl groups excluding tert-OH is 1. The zero-order chi connectivity index (χ0) is 22.5. The Kier molecular flexibility index (Phi) is 7.06. The van der Waals surface area contributed by atoms with Crippen molar-refractivity contribution in [3.63, 3.8) is 0 Å². The van der Waals surface area contributed by atoms with Crippen LogP contribution in [-0.4, -0.2) is 63.1 Å². The highest BCUT2D eigenvalue weighted by molar-refractivity contribution is 5.85. The van der Waals surface area contributed by atoms with Gasteiger partial charge in [-0.3, -0.25) is 9.58 Å². The summed E-state index contributed by atoms with van der Waals surface area (Å²) < 4.78 is 7.54. The average molecular weight is 440 g/mol. The molecule has 4 rings (SSSR count). The minimum atomic E-state index is 0.241. The molecule has 0 radical (unpaired) electrons. The Morgan fingerprint density at radius 1 is 1.25 bits per heavy atom. The number of nitrogens with zero attached hydrogens (tertiary/aromatic N) is 5. The molecule has 3 heterocycles. The number of fused-ring (bicyclic) bond motifs is 1. The van der Waals surface area contributed by atoms with Crippen LogP contribution in [0.15, 0.2) is 24.4 Å². The van der Waals surface area contributed by atoms with Gasteiger partial charge in [0.15, 0.2) is 11.3 Å². The molecular formula is C23H33N7O2. The van der Waals surface area contributed by atoms with Gasteiger partial charge in [0.25, 0.3) is 0 Å². The molecule has 4 N–H and O–H groups in total. The highest BCUT2D eigenvalue weighted by Crippen LogP contribution is 2.26. The lowest BCUT2D eigenvalue weighted by Gasteiger charge is -2.39. The number of unbranched alkanes of at least 4 members (excludes halogenated alkanes) is 1. The summed E-state index contributed by atoms with van der Waals surface area (Å²) in [5.41, 5.74) is 9.62. The quantitative estimate of drug-likeness (QED) is 0.391. The molecule has 1 aliphatic rings. The minimum Gasteiger partial charge on any atom is -0.496 e. The van der Waals surface area contributed by atoms with Gasteiger partial charge >= 0.3 is 0 Å². The zero-order valence-electron chi connectivity index (χ0n) is 18.9. The second-order valence-corrected chi connectivity index (χ2v) is 8.49. The van der Waals surface area contributed by atoms with E-state index in [1.165, 1.54) is 5.56 Å². The first kappa shape index (κ1) is 22.3. The summed E-state index contributed by atoms with van der Waals surface area (Å²) in [4.78, 5) is 11.1. The third-order valence-corrected chi connectivity index (χ3v) is 5.91. The van der Waals surface area contributed by atoms with Gasteiger partial charge in [0.1, 0.15) is 11.3 Å². The molecular weight excluding hydrogens is 406 g/mol. The maximum absolute atomic E-state index is 9.06. The van der Waals surface area contributed by atoms with Crippen molar-refractivity contribution < 1.29 is 9.84 Å². The lowest BCUT2D eigenvalue weighted by Crippen LogP contribution is -2.46. The van der Waals surface area contributed by atoms with Crippen LogP contribution in [0.1, 0.15) is 37.3 Å². The summed E-state index contributed by atoms with van der Waals surface area (Å²) in [6, 6.07) is 6.36. The first-order chi connectivity index (χ1) is 15.6. The number of likely N-dealkylation sites (tertiary alicyclic amines) is 1. The van der Waals surface area contributed by atoms with Gasteiger partial charge in [-0.05, 0) is 30.4 Å². The molecule has 0 aliphatic carbocycles. The molecule has 2 aromatic heterocycles. The summed E-state index contributed by atoms with van der Waals surface area (Å²) in [5, 5.41) is 17.1. The van der Waals surface area contributed by atoms with Crippen LogP contribution in [-0.2, 0) is 13.1 Å². The van der Waals surface area contributed by atoms with Crippen LogP contribution in [0.25, 0.3) is 11.0 Å². The SMILES string of the molecule is CCCCNc1nc(N)nc2cn(Cc3ccc(CN4CC(CCO)C4)cc3OC)nc12. The van der Waals surface area contributed by atoms with E-state index < -0.39 is 0 Å². The van der Waals surface area contributed by atoms with Crippen molar-refractivity contribution in [2.45, 2.75) is 39.3 Å². The summed E-state index contributed by atoms with van der Waals surface area (Å²) in [5.74, 6) is 2.39. The van der Waals surface area contributed by atoms with Gasteiger partial charge in [-0.25, -0.2) is 4.98 Å². The van der Waals surface area contributed by atoms with E-state index in [2.05, 4.69) is 45.3 Å². The second-order valence-electron chi connectivity index (χ2n) is 8.49. The van der Waals surface area contributed by atoms with E-state index in [1.807, 2.05) is 10.9 Å². The van der Waals surface area contributed by atoms with Gasteiger partial charge in [-0.1, -0.05) is 25.5 Å². The summed E-state index contributed by atoms with van der Waals surface area (Å²) in [6.45, 7) is 6.80. The van der Waals surface area contributed by atoms with Crippen molar-refractivity contribution in [1.82, 2.24) is 24.6 Å². The lowest BCUT2D eigenvalue weighted by atomic mass is 9.96. The number of nitrogens with two attached hydrogens (primary N) is 1. The average Bonchev–Trinajstić information content (AvgIpc) is 3.15. The molecule has 0 amide bonds. The van der Waals surface area contributed by atoms with Crippen LogP contribution in [0.3, 0.4) is 0 Å². The largest absolute Gasteiger partial charge is 0.496 e. The molecule has 0 atom stereocenters. The minimum absolute atomic E-state index is 0.241. The first-order valence-electron chi connectivity index (χ1n) is 11.3. The lowest BCUT2D eigenvalue weighted by molar-refractivity contribution is 0.0723. The predicted octanol–water partition coefficient (Wildman–Crippen LogP) is 2.49. The van der Waals surface area contributed by atoms with Crippen LogP contribution in [0.4, 0.5) is 11.8 Å². The third-order valence-electron chi connectivity index (χ3n) is 5.91. The molecule has 1 aromatic carbocycles. The van der Waals surface area contributed by atoms with Gasteiger partial charge in [-0.15, -0.1) is 0 Å². The maximum atomic E-state index is 9.06. The van der Waals surface area contributed by atoms with Crippen molar-refractivity contribution in [3.8, 4) is 5.75 Å². The van der Waals surface area contributed by atoms with Crippen molar-refractivity contribution in [1.29, 1.82) is 0 Å². The molecule has 3 aromatic rings. The second kappa shape index (κ2) is 10.1. The molecule has 9 heteroatoms. The van der Waals surface area contributed by atoms with Crippen molar-refractivity contribution in [2.75, 3.05) is 44.4 Å². The number of anilines is 2. The van der Waals surface area contributed by atoms with E-state index in [-0.39, 0.29) is 12.6 Å². The molecule has 32 heavy (non-hydrogen) atoms. The molecule has 0 spiro atoms. The van der Waals surface area contributed by atoms with Crippen LogP contribution in [0, 0.1) is 5.92 Å². The highest BCUT2D eigenvalue weighted by Gasteiger charge is 2.26. The number of nitrogens with one attached hydrogen (secondary N) is 1. The smallest absolute Gasteiger partial charge is 0.222 e. The standard InChI is InChI=1S/C23H33N7O2/c1-3-4-8-25-22-21-19(26-23(24)27-22)15-30(28-21)14-18-6-5-16(10-20(18)32-2)11-29-12-17(13-29)7-9-31/h5-6,10,15,17,31H,3-4,7-9,11-14H2,1-2H3,(H3,24,25,26,27). The number of nitrogen functional groups attached to an aromatic ring is 1. The fourth-order valence-corrected chi connectivity index (χ4v) is 4.19. The van der Waals surface area contributed by atoms with Crippen molar-refractivity contribution >= 4 is 22.8 Å². The number of hydrogen-bond donors (Lipinski definition) is 3. The third kappa shape index (κ3) is 5.11. The zero-order valence-corrected chi connectivity index (χ0v) is 18.9. The van der Waals surface area contributed by atoms with E-state index in [0.717, 1.165) is 67.8 Å². The Balaban J connectivity index is 1.47. The fourth-order valence-electron chi connectivity index (χ4n) is 4.19. The Labute approximate surface area is 188 Å². The van der Waals surface area contributed by atoms with Gasteiger partial charge in [0, 0.05) is 38.3 Å². The fraction of sp³-hybridized carbons (Fsp3) is 0.522. The van der Waals surface area contributed by atoms with Crippen LogP contribution < -0.4 is 15.8 Å². The molecule has 172 valence electrons. The maximum Gasteiger partial charge on any atom is 0.222 e. The first-order valence-corrected chi connectivity index (χ1v) is 11.3. The van der Waals surface area contributed by atoms with E-state index in [1.54, 1.807) is 7.11 Å². The Hall–Kier alpha value is -2.91. The van der Waals surface area contributed by atoms with Gasteiger partial charge in [0.2, 0.25) is 5.95 Å². The number of ether oxygens (including phenoxy) is 1. The highest BCUT2D eigenvalue weighted by atomic mass is 16.5. The summed E-state index contributed by atoms with van der Waals surface area (Å²) in [6.07, 6.45) is 4.94. The molecule has 0 saturated carbocycles. The molecule has 1 saturated heterocycles. The van der Waals surface area contributed by atoms with Crippen molar-refractivity contribution in [3.05, 3.63) is 35.5 Å². The summed E-state index contributed by atoms with van der Waals surface area (Å²) >= 11 is 0. The normalized spacial score (nSPS) is 14.6. The molecule has 0 unspecified atom stereocenters. The van der Waals surface area contributed by atoms with E-state index in [4.69, 9.17) is 20.7 Å². The van der Waals surface area contributed by atoms with E-state index in [0.29, 0.717) is 18.3 Å². The number of hydrogen-bond acceptors (Lipinski definition) is 8. The molecule has 0 bridgehead atoms. The number of benzene rings is 1. The van der Waals surface area contributed by atoms with Crippen LogP contribution in [0.5, 0.6) is 5.75 Å². The van der Waals surface area contributed by atoms with Gasteiger partial charge in [0.05, 0.1) is 19.9 Å². The number of rotatable bonds is 11. The van der Waals surface area contributed by atoms with E-state index >= 15 is 0 Å². The number of aliphatic hydroxyl groups is 1. The molecule has 1 fully saturated rings. The van der Waals surface area contributed by atoms with Crippen LogP contribution in [0.2, 0.25) is 0 Å². The predicted molar refractivity (Wildman–Crippen MR) is 126 cm³/mol. The van der Waals surface area contributed by atoms with E-state index in [9.17, 15) is 0 Å². The van der Waals surface area contributed by atoms with Crippen LogP contribution >= 0.6 is 0 Å².